The van der Waals surface area contributed by atoms with Crippen LogP contribution in [0.4, 0.5) is 5.00 Å². The number of thiophene rings is 1. The molecule has 1 aromatic carbocycles. The number of nitrogens with zero attached hydrogens (tertiary/aromatic N) is 3. The summed E-state index contributed by atoms with van der Waals surface area (Å²) in [6, 6.07) is 10.0. The van der Waals surface area contributed by atoms with Crippen molar-refractivity contribution in [3.05, 3.63) is 52.2 Å². The lowest BCUT2D eigenvalue weighted by molar-refractivity contribution is 0.102. The molecule has 0 spiro atoms. The van der Waals surface area contributed by atoms with Gasteiger partial charge in [0, 0.05) is 23.2 Å². The molecule has 5 nitrogen and oxygen atoms in total. The number of thiazole rings is 1. The van der Waals surface area contributed by atoms with Gasteiger partial charge in [0.1, 0.15) is 10.0 Å². The fraction of sp³-hybridized carbons (Fsp3) is 0.286. The van der Waals surface area contributed by atoms with Crippen molar-refractivity contribution < 1.29 is 4.79 Å². The Morgan fingerprint density at radius 3 is 2.79 bits per heavy atom. The van der Waals surface area contributed by atoms with Crippen LogP contribution in [0, 0.1) is 6.92 Å². The third-order valence-corrected chi connectivity index (χ3v) is 7.51. The van der Waals surface area contributed by atoms with Crippen molar-refractivity contribution in [1.82, 2.24) is 14.8 Å². The monoisotopic (exact) mass is 408 g/mol. The Bertz CT molecular complexity index is 1150. The summed E-state index contributed by atoms with van der Waals surface area (Å²) in [6.07, 6.45) is 4.53. The number of hydrogen-bond donors (Lipinski definition) is 1. The Morgan fingerprint density at radius 1 is 1.18 bits per heavy atom. The number of hydrogen-bond acceptors (Lipinski definition) is 5. The van der Waals surface area contributed by atoms with E-state index < -0.39 is 0 Å². The molecule has 0 saturated carbocycles. The molecule has 0 aliphatic heterocycles. The molecule has 0 fully saturated rings. The van der Waals surface area contributed by atoms with Gasteiger partial charge in [-0.1, -0.05) is 12.1 Å². The Hall–Kier alpha value is -2.51. The second-order valence-electron chi connectivity index (χ2n) is 7.15. The van der Waals surface area contributed by atoms with Gasteiger partial charge in [-0.15, -0.1) is 22.7 Å². The first-order valence-corrected chi connectivity index (χ1v) is 11.1. The third-order valence-electron chi connectivity index (χ3n) is 5.25. The van der Waals surface area contributed by atoms with Crippen LogP contribution in [-0.2, 0) is 19.9 Å². The maximum Gasteiger partial charge on any atom is 0.276 e. The van der Waals surface area contributed by atoms with Gasteiger partial charge in [-0.05, 0) is 56.4 Å². The number of aryl methyl sites for hydroxylation is 3. The molecule has 7 heteroatoms. The number of benzene rings is 1. The molecule has 0 bridgehead atoms. The van der Waals surface area contributed by atoms with Gasteiger partial charge >= 0.3 is 0 Å². The van der Waals surface area contributed by atoms with Gasteiger partial charge in [0.15, 0.2) is 5.69 Å². The molecular formula is C21H20N4OS2. The van der Waals surface area contributed by atoms with Crippen LogP contribution in [-0.4, -0.2) is 20.7 Å². The molecular weight excluding hydrogens is 388 g/mol. The number of para-hydroxylation sites is 1. The van der Waals surface area contributed by atoms with Gasteiger partial charge in [0.25, 0.3) is 5.91 Å². The van der Waals surface area contributed by atoms with E-state index in [-0.39, 0.29) is 5.91 Å². The van der Waals surface area contributed by atoms with Gasteiger partial charge in [0.05, 0.1) is 10.2 Å². The minimum atomic E-state index is -0.162. The summed E-state index contributed by atoms with van der Waals surface area (Å²) in [5.41, 5.74) is 4.89. The van der Waals surface area contributed by atoms with Crippen LogP contribution in [0.5, 0.6) is 0 Å². The number of aromatic nitrogens is 3. The molecule has 4 aromatic rings. The van der Waals surface area contributed by atoms with Crippen molar-refractivity contribution in [2.75, 3.05) is 5.32 Å². The van der Waals surface area contributed by atoms with Crippen molar-refractivity contribution in [2.24, 2.45) is 7.05 Å². The lowest BCUT2D eigenvalue weighted by Gasteiger charge is -2.11. The molecule has 0 saturated heterocycles. The largest absolute Gasteiger partial charge is 0.312 e. The van der Waals surface area contributed by atoms with Gasteiger partial charge in [-0.3, -0.25) is 9.48 Å². The van der Waals surface area contributed by atoms with E-state index in [1.165, 1.54) is 28.0 Å². The Morgan fingerprint density at radius 2 is 2.00 bits per heavy atom. The predicted molar refractivity (Wildman–Crippen MR) is 115 cm³/mol. The van der Waals surface area contributed by atoms with Crippen molar-refractivity contribution >= 4 is 43.8 Å². The molecule has 1 amide bonds. The normalized spacial score (nSPS) is 13.6. The highest BCUT2D eigenvalue weighted by molar-refractivity contribution is 7.22. The van der Waals surface area contributed by atoms with Crippen LogP contribution in [0.25, 0.3) is 20.8 Å². The quantitative estimate of drug-likeness (QED) is 0.507. The molecule has 1 N–H and O–H groups in total. The molecule has 0 radical (unpaired) electrons. The van der Waals surface area contributed by atoms with Crippen LogP contribution in [0.1, 0.15) is 39.5 Å². The first-order valence-electron chi connectivity index (χ1n) is 9.42. The van der Waals surface area contributed by atoms with E-state index >= 15 is 0 Å². The Balaban J connectivity index is 1.59. The molecule has 5 rings (SSSR count). The first kappa shape index (κ1) is 17.6. The summed E-state index contributed by atoms with van der Waals surface area (Å²) in [4.78, 5) is 19.1. The predicted octanol–water partition coefficient (Wildman–Crippen LogP) is 5.20. The van der Waals surface area contributed by atoms with Crippen molar-refractivity contribution in [3.8, 4) is 10.6 Å². The third kappa shape index (κ3) is 2.95. The number of amides is 1. The lowest BCUT2D eigenvalue weighted by Crippen LogP contribution is -2.12. The molecule has 0 atom stereocenters. The summed E-state index contributed by atoms with van der Waals surface area (Å²) in [5, 5.41) is 9.36. The molecule has 1 aliphatic rings. The van der Waals surface area contributed by atoms with Crippen LogP contribution < -0.4 is 5.32 Å². The van der Waals surface area contributed by atoms with Crippen molar-refractivity contribution in [3.63, 3.8) is 0 Å². The van der Waals surface area contributed by atoms with Gasteiger partial charge in [-0.25, -0.2) is 4.98 Å². The average Bonchev–Trinajstić information content (AvgIpc) is 3.36. The van der Waals surface area contributed by atoms with E-state index in [9.17, 15) is 4.79 Å². The van der Waals surface area contributed by atoms with E-state index in [4.69, 9.17) is 4.98 Å². The summed E-state index contributed by atoms with van der Waals surface area (Å²) in [6.45, 7) is 1.94. The number of carbonyl (C=O) groups is 1. The molecule has 142 valence electrons. The first-order chi connectivity index (χ1) is 13.6. The standard InChI is InChI=1S/C21H20N4OS2/c1-12-11-15(24-25(12)2)19(26)23-21-18(13-7-3-5-9-16(13)27-21)20-22-14-8-4-6-10-17(14)28-20/h4,6,8,10-11H,3,5,7,9H2,1-2H3,(H,23,26). The molecule has 3 heterocycles. The molecule has 1 aliphatic carbocycles. The fourth-order valence-corrected chi connectivity index (χ4v) is 6.09. The smallest absolute Gasteiger partial charge is 0.276 e. The lowest BCUT2D eigenvalue weighted by atomic mass is 9.96. The highest BCUT2D eigenvalue weighted by atomic mass is 32.1. The fourth-order valence-electron chi connectivity index (χ4n) is 3.70. The molecule has 3 aromatic heterocycles. The highest BCUT2D eigenvalue weighted by Crippen LogP contribution is 2.46. The van der Waals surface area contributed by atoms with E-state index in [0.29, 0.717) is 5.69 Å². The zero-order valence-corrected chi connectivity index (χ0v) is 17.4. The van der Waals surface area contributed by atoms with Crippen molar-refractivity contribution in [1.29, 1.82) is 0 Å². The van der Waals surface area contributed by atoms with Crippen LogP contribution in [0.15, 0.2) is 30.3 Å². The minimum Gasteiger partial charge on any atom is -0.312 e. The molecule has 0 unspecified atom stereocenters. The Labute approximate surface area is 171 Å². The van der Waals surface area contributed by atoms with Crippen LogP contribution in [0.3, 0.4) is 0 Å². The Kier molecular flexibility index (Phi) is 4.29. The van der Waals surface area contributed by atoms with E-state index in [0.717, 1.165) is 39.6 Å². The van der Waals surface area contributed by atoms with Gasteiger partial charge < -0.3 is 5.32 Å². The number of rotatable bonds is 3. The van der Waals surface area contributed by atoms with E-state index in [1.54, 1.807) is 27.4 Å². The summed E-state index contributed by atoms with van der Waals surface area (Å²) >= 11 is 3.40. The second-order valence-corrected chi connectivity index (χ2v) is 9.29. The zero-order valence-electron chi connectivity index (χ0n) is 15.8. The topological polar surface area (TPSA) is 59.8 Å². The minimum absolute atomic E-state index is 0.162. The van der Waals surface area contributed by atoms with Gasteiger partial charge in [0.2, 0.25) is 0 Å². The number of nitrogens with one attached hydrogen (secondary N) is 1. The molecule has 28 heavy (non-hydrogen) atoms. The maximum atomic E-state index is 12.9. The summed E-state index contributed by atoms with van der Waals surface area (Å²) in [5.74, 6) is -0.162. The zero-order chi connectivity index (χ0) is 19.3. The number of anilines is 1. The summed E-state index contributed by atoms with van der Waals surface area (Å²) in [7, 11) is 1.85. The van der Waals surface area contributed by atoms with E-state index in [1.807, 2.05) is 38.2 Å². The van der Waals surface area contributed by atoms with Crippen LogP contribution in [0.2, 0.25) is 0 Å². The maximum absolute atomic E-state index is 12.9. The van der Waals surface area contributed by atoms with E-state index in [2.05, 4.69) is 16.5 Å². The van der Waals surface area contributed by atoms with Gasteiger partial charge in [-0.2, -0.15) is 5.10 Å². The highest BCUT2D eigenvalue weighted by Gasteiger charge is 2.25. The second kappa shape index (κ2) is 6.83. The van der Waals surface area contributed by atoms with Crippen molar-refractivity contribution in [2.45, 2.75) is 32.6 Å². The summed E-state index contributed by atoms with van der Waals surface area (Å²) < 4.78 is 2.90. The van der Waals surface area contributed by atoms with Crippen LogP contribution >= 0.6 is 22.7 Å². The average molecular weight is 409 g/mol. The number of fused-ring (bicyclic) bond motifs is 2. The number of carbonyl (C=O) groups excluding carboxylic acids is 1. The SMILES string of the molecule is Cc1cc(C(=O)Nc2sc3c(c2-c2nc4ccccc4s2)CCCC3)nn1C.